The lowest BCUT2D eigenvalue weighted by Gasteiger charge is -2.33. The Morgan fingerprint density at radius 2 is 2.14 bits per heavy atom. The standard InChI is InChI=1S/C17H23N3O/c1-11-3-6-14-13(9-11)19-17(12-4-5-12)20(14)15-7-8-18-10-16(15)21-2/h3,6,9,12,15-16,18H,4-5,7-8,10H2,1-2H3/t15-,16-/m0/s1. The highest BCUT2D eigenvalue weighted by molar-refractivity contribution is 5.77. The van der Waals surface area contributed by atoms with Gasteiger partial charge in [-0.2, -0.15) is 0 Å². The summed E-state index contributed by atoms with van der Waals surface area (Å²) < 4.78 is 8.23. The number of ether oxygens (including phenoxy) is 1. The van der Waals surface area contributed by atoms with Crippen LogP contribution in [0.5, 0.6) is 0 Å². The van der Waals surface area contributed by atoms with Gasteiger partial charge < -0.3 is 14.6 Å². The van der Waals surface area contributed by atoms with E-state index in [9.17, 15) is 0 Å². The number of piperidine rings is 1. The van der Waals surface area contributed by atoms with Gasteiger partial charge in [-0.15, -0.1) is 0 Å². The number of benzene rings is 1. The summed E-state index contributed by atoms with van der Waals surface area (Å²) in [5.74, 6) is 1.94. The number of nitrogens with one attached hydrogen (secondary N) is 1. The normalized spacial score (nSPS) is 26.4. The van der Waals surface area contributed by atoms with Crippen LogP contribution < -0.4 is 5.32 Å². The van der Waals surface area contributed by atoms with E-state index in [0.717, 1.165) is 25.0 Å². The van der Waals surface area contributed by atoms with E-state index >= 15 is 0 Å². The minimum Gasteiger partial charge on any atom is -0.378 e. The van der Waals surface area contributed by atoms with Gasteiger partial charge in [-0.3, -0.25) is 0 Å². The molecular weight excluding hydrogens is 262 g/mol. The highest BCUT2D eigenvalue weighted by atomic mass is 16.5. The van der Waals surface area contributed by atoms with E-state index in [0.29, 0.717) is 12.0 Å². The maximum absolute atomic E-state index is 5.74. The Bertz CT molecular complexity index is 659. The van der Waals surface area contributed by atoms with Gasteiger partial charge in [-0.05, 0) is 50.4 Å². The zero-order valence-corrected chi connectivity index (χ0v) is 12.8. The van der Waals surface area contributed by atoms with Crippen molar-refractivity contribution in [2.75, 3.05) is 20.2 Å². The van der Waals surface area contributed by atoms with E-state index in [1.54, 1.807) is 0 Å². The Kier molecular flexibility index (Phi) is 3.23. The summed E-state index contributed by atoms with van der Waals surface area (Å²) in [7, 11) is 1.82. The molecule has 112 valence electrons. The van der Waals surface area contributed by atoms with Crippen molar-refractivity contribution in [2.24, 2.45) is 0 Å². The Morgan fingerprint density at radius 1 is 1.29 bits per heavy atom. The Labute approximate surface area is 125 Å². The van der Waals surface area contributed by atoms with Crippen LogP contribution in [0.4, 0.5) is 0 Å². The zero-order chi connectivity index (χ0) is 14.4. The molecule has 4 heteroatoms. The third-order valence-electron chi connectivity index (χ3n) is 4.84. The van der Waals surface area contributed by atoms with Crippen LogP contribution in [0, 0.1) is 6.92 Å². The van der Waals surface area contributed by atoms with Crippen molar-refractivity contribution in [2.45, 2.75) is 44.2 Å². The first-order valence-corrected chi connectivity index (χ1v) is 8.00. The number of fused-ring (bicyclic) bond motifs is 1. The number of hydrogen-bond acceptors (Lipinski definition) is 3. The van der Waals surface area contributed by atoms with E-state index in [-0.39, 0.29) is 6.10 Å². The van der Waals surface area contributed by atoms with Gasteiger partial charge in [0, 0.05) is 19.6 Å². The summed E-state index contributed by atoms with van der Waals surface area (Å²) in [6.45, 7) is 4.12. The average molecular weight is 285 g/mol. The molecule has 2 fully saturated rings. The molecule has 1 saturated heterocycles. The van der Waals surface area contributed by atoms with Gasteiger partial charge in [0.15, 0.2) is 0 Å². The largest absolute Gasteiger partial charge is 0.378 e. The summed E-state index contributed by atoms with van der Waals surface area (Å²) in [5, 5.41) is 3.44. The predicted octanol–water partition coefficient (Wildman–Crippen LogP) is 2.77. The first kappa shape index (κ1) is 13.3. The van der Waals surface area contributed by atoms with Crippen LogP contribution in [0.15, 0.2) is 18.2 Å². The lowest BCUT2D eigenvalue weighted by atomic mass is 10.0. The first-order chi connectivity index (χ1) is 10.3. The minimum atomic E-state index is 0.231. The topological polar surface area (TPSA) is 39.1 Å². The van der Waals surface area contributed by atoms with Gasteiger partial charge in [0.1, 0.15) is 5.82 Å². The number of rotatable bonds is 3. The average Bonchev–Trinajstić information content (AvgIpc) is 3.28. The summed E-state index contributed by atoms with van der Waals surface area (Å²) in [4.78, 5) is 4.97. The van der Waals surface area contributed by atoms with Gasteiger partial charge in [-0.1, -0.05) is 6.07 Å². The molecule has 1 aliphatic heterocycles. The minimum absolute atomic E-state index is 0.231. The van der Waals surface area contributed by atoms with Crippen LogP contribution in [-0.2, 0) is 4.74 Å². The second kappa shape index (κ2) is 5.11. The van der Waals surface area contributed by atoms with Crippen LogP contribution >= 0.6 is 0 Å². The molecule has 1 N–H and O–H groups in total. The highest BCUT2D eigenvalue weighted by Crippen LogP contribution is 2.43. The van der Waals surface area contributed by atoms with Crippen molar-refractivity contribution >= 4 is 11.0 Å². The lowest BCUT2D eigenvalue weighted by Crippen LogP contribution is -2.43. The Balaban J connectivity index is 1.86. The van der Waals surface area contributed by atoms with Crippen molar-refractivity contribution in [3.8, 4) is 0 Å². The molecule has 2 aliphatic rings. The second-order valence-electron chi connectivity index (χ2n) is 6.44. The number of hydrogen-bond donors (Lipinski definition) is 1. The molecule has 0 amide bonds. The molecular formula is C17H23N3O. The maximum atomic E-state index is 5.74. The molecule has 2 atom stereocenters. The molecule has 0 spiro atoms. The number of nitrogens with zero attached hydrogens (tertiary/aromatic N) is 2. The quantitative estimate of drug-likeness (QED) is 0.942. The molecule has 1 aromatic carbocycles. The molecule has 21 heavy (non-hydrogen) atoms. The van der Waals surface area contributed by atoms with E-state index in [4.69, 9.17) is 9.72 Å². The SMILES string of the molecule is CO[C@H]1CNCC[C@@H]1n1c(C2CC2)nc2cc(C)ccc21. The zero-order valence-electron chi connectivity index (χ0n) is 12.8. The summed E-state index contributed by atoms with van der Waals surface area (Å²) in [5.41, 5.74) is 3.70. The van der Waals surface area contributed by atoms with Crippen LogP contribution in [0.25, 0.3) is 11.0 Å². The fraction of sp³-hybridized carbons (Fsp3) is 0.588. The van der Waals surface area contributed by atoms with Gasteiger partial charge in [0.2, 0.25) is 0 Å². The monoisotopic (exact) mass is 285 g/mol. The van der Waals surface area contributed by atoms with E-state index in [1.807, 2.05) is 7.11 Å². The number of aromatic nitrogens is 2. The fourth-order valence-electron chi connectivity index (χ4n) is 3.56. The van der Waals surface area contributed by atoms with Crippen LogP contribution in [-0.4, -0.2) is 35.9 Å². The lowest BCUT2D eigenvalue weighted by molar-refractivity contribution is 0.0395. The molecule has 1 saturated carbocycles. The molecule has 2 heterocycles. The van der Waals surface area contributed by atoms with Gasteiger partial charge in [0.05, 0.1) is 23.2 Å². The number of aryl methyl sites for hydroxylation is 1. The van der Waals surface area contributed by atoms with Crippen molar-refractivity contribution in [3.05, 3.63) is 29.6 Å². The molecule has 1 aliphatic carbocycles. The number of imidazole rings is 1. The molecule has 4 rings (SSSR count). The molecule has 0 unspecified atom stereocenters. The van der Waals surface area contributed by atoms with Crippen LogP contribution in [0.1, 0.15) is 42.6 Å². The summed E-state index contributed by atoms with van der Waals surface area (Å²) in [6.07, 6.45) is 3.91. The molecule has 0 bridgehead atoms. The van der Waals surface area contributed by atoms with E-state index in [1.165, 1.54) is 29.7 Å². The van der Waals surface area contributed by atoms with Crippen molar-refractivity contribution in [1.82, 2.24) is 14.9 Å². The van der Waals surface area contributed by atoms with Crippen molar-refractivity contribution in [1.29, 1.82) is 0 Å². The van der Waals surface area contributed by atoms with Crippen LogP contribution in [0.2, 0.25) is 0 Å². The van der Waals surface area contributed by atoms with Gasteiger partial charge >= 0.3 is 0 Å². The van der Waals surface area contributed by atoms with E-state index < -0.39 is 0 Å². The smallest absolute Gasteiger partial charge is 0.113 e. The summed E-state index contributed by atoms with van der Waals surface area (Å²) >= 11 is 0. The number of methoxy groups -OCH3 is 1. The summed E-state index contributed by atoms with van der Waals surface area (Å²) in [6, 6.07) is 7.04. The molecule has 2 aromatic rings. The van der Waals surface area contributed by atoms with Gasteiger partial charge in [-0.25, -0.2) is 4.98 Å². The van der Waals surface area contributed by atoms with E-state index in [2.05, 4.69) is 35.0 Å². The maximum Gasteiger partial charge on any atom is 0.113 e. The first-order valence-electron chi connectivity index (χ1n) is 8.00. The van der Waals surface area contributed by atoms with Gasteiger partial charge in [0.25, 0.3) is 0 Å². The molecule has 4 nitrogen and oxygen atoms in total. The fourth-order valence-corrected chi connectivity index (χ4v) is 3.56. The third kappa shape index (κ3) is 2.27. The van der Waals surface area contributed by atoms with Crippen molar-refractivity contribution < 1.29 is 4.74 Å². The highest BCUT2D eigenvalue weighted by Gasteiger charge is 2.35. The second-order valence-corrected chi connectivity index (χ2v) is 6.44. The Morgan fingerprint density at radius 3 is 2.90 bits per heavy atom. The Hall–Kier alpha value is -1.39. The molecule has 1 aromatic heterocycles. The molecule has 0 radical (unpaired) electrons. The van der Waals surface area contributed by atoms with Crippen LogP contribution in [0.3, 0.4) is 0 Å². The van der Waals surface area contributed by atoms with Crippen molar-refractivity contribution in [3.63, 3.8) is 0 Å². The third-order valence-corrected chi connectivity index (χ3v) is 4.84. The predicted molar refractivity (Wildman–Crippen MR) is 83.8 cm³/mol.